The monoisotopic (exact) mass is 266 g/mol. The fraction of sp³-hybridized carbons (Fsp3) is 0.615. The lowest BCUT2D eigenvalue weighted by Gasteiger charge is -2.17. The number of rotatable bonds is 8. The molecular formula is C13H22N4O2. The summed E-state index contributed by atoms with van der Waals surface area (Å²) >= 11 is 0. The van der Waals surface area contributed by atoms with Gasteiger partial charge in [-0.05, 0) is 25.5 Å². The van der Waals surface area contributed by atoms with Crippen LogP contribution in [0.2, 0.25) is 0 Å². The van der Waals surface area contributed by atoms with Gasteiger partial charge in [-0.3, -0.25) is 4.79 Å². The molecule has 1 aromatic heterocycles. The largest absolute Gasteiger partial charge is 0.383 e. The Hall–Kier alpha value is -1.69. The second-order valence-corrected chi connectivity index (χ2v) is 4.25. The number of methoxy groups -OCH3 is 1. The first-order valence-corrected chi connectivity index (χ1v) is 6.58. The van der Waals surface area contributed by atoms with Gasteiger partial charge < -0.3 is 15.4 Å². The lowest BCUT2D eigenvalue weighted by Crippen LogP contribution is -2.26. The van der Waals surface area contributed by atoms with Crippen molar-refractivity contribution in [2.45, 2.75) is 32.7 Å². The molecule has 1 unspecified atom stereocenters. The highest BCUT2D eigenvalue weighted by molar-refractivity contribution is 5.92. The SMILES string of the molecule is CCCC(COC)Nc1ccc(C(=O)NCC)nn1. The van der Waals surface area contributed by atoms with E-state index in [0.717, 1.165) is 12.8 Å². The van der Waals surface area contributed by atoms with Gasteiger partial charge >= 0.3 is 0 Å². The number of anilines is 1. The van der Waals surface area contributed by atoms with Crippen LogP contribution in [0.25, 0.3) is 0 Å². The zero-order chi connectivity index (χ0) is 14.1. The van der Waals surface area contributed by atoms with Crippen molar-refractivity contribution in [1.82, 2.24) is 15.5 Å². The molecule has 0 saturated heterocycles. The maximum absolute atomic E-state index is 11.5. The lowest BCUT2D eigenvalue weighted by molar-refractivity contribution is 0.0950. The van der Waals surface area contributed by atoms with Gasteiger partial charge in [0, 0.05) is 13.7 Å². The van der Waals surface area contributed by atoms with Gasteiger partial charge in [0.15, 0.2) is 5.69 Å². The van der Waals surface area contributed by atoms with E-state index >= 15 is 0 Å². The second kappa shape index (κ2) is 8.42. The van der Waals surface area contributed by atoms with Crippen LogP contribution in [0.3, 0.4) is 0 Å². The summed E-state index contributed by atoms with van der Waals surface area (Å²) in [6, 6.07) is 3.63. The van der Waals surface area contributed by atoms with Crippen molar-refractivity contribution in [3.63, 3.8) is 0 Å². The third-order valence-corrected chi connectivity index (χ3v) is 2.59. The summed E-state index contributed by atoms with van der Waals surface area (Å²) in [6.45, 7) is 5.18. The lowest BCUT2D eigenvalue weighted by atomic mass is 10.2. The zero-order valence-corrected chi connectivity index (χ0v) is 11.8. The molecule has 106 valence electrons. The Morgan fingerprint density at radius 3 is 2.68 bits per heavy atom. The smallest absolute Gasteiger partial charge is 0.271 e. The molecule has 1 heterocycles. The van der Waals surface area contributed by atoms with E-state index in [-0.39, 0.29) is 11.9 Å². The van der Waals surface area contributed by atoms with E-state index in [1.165, 1.54) is 0 Å². The number of amides is 1. The fourth-order valence-electron chi connectivity index (χ4n) is 1.74. The molecule has 0 saturated carbocycles. The van der Waals surface area contributed by atoms with Gasteiger partial charge in [-0.2, -0.15) is 0 Å². The number of nitrogens with zero attached hydrogens (tertiary/aromatic N) is 2. The minimum Gasteiger partial charge on any atom is -0.383 e. The van der Waals surface area contributed by atoms with Crippen LogP contribution in [-0.4, -0.2) is 42.4 Å². The second-order valence-electron chi connectivity index (χ2n) is 4.25. The highest BCUT2D eigenvalue weighted by Crippen LogP contribution is 2.08. The first-order chi connectivity index (χ1) is 9.21. The Balaban J connectivity index is 2.62. The number of carbonyl (C=O) groups excluding carboxylic acids is 1. The summed E-state index contributed by atoms with van der Waals surface area (Å²) in [5.74, 6) is 0.451. The molecule has 1 amide bonds. The van der Waals surface area contributed by atoms with Gasteiger partial charge in [0.05, 0.1) is 12.6 Å². The van der Waals surface area contributed by atoms with Crippen LogP contribution in [0.5, 0.6) is 0 Å². The van der Waals surface area contributed by atoms with Gasteiger partial charge in [0.1, 0.15) is 5.82 Å². The summed E-state index contributed by atoms with van der Waals surface area (Å²) in [7, 11) is 1.67. The van der Waals surface area contributed by atoms with Crippen molar-refractivity contribution in [2.24, 2.45) is 0 Å². The summed E-state index contributed by atoms with van der Waals surface area (Å²) in [4.78, 5) is 11.5. The summed E-state index contributed by atoms with van der Waals surface area (Å²) in [6.07, 6.45) is 2.05. The maximum Gasteiger partial charge on any atom is 0.271 e. The molecule has 0 bridgehead atoms. The predicted molar refractivity (Wildman–Crippen MR) is 74.2 cm³/mol. The minimum atomic E-state index is -0.205. The quantitative estimate of drug-likeness (QED) is 0.745. The first kappa shape index (κ1) is 15.4. The highest BCUT2D eigenvalue weighted by Gasteiger charge is 2.10. The molecule has 1 aromatic rings. The minimum absolute atomic E-state index is 0.205. The number of ether oxygens (including phenoxy) is 1. The molecule has 19 heavy (non-hydrogen) atoms. The Bertz CT molecular complexity index is 375. The van der Waals surface area contributed by atoms with Gasteiger partial charge in [-0.15, -0.1) is 10.2 Å². The Labute approximate surface area is 113 Å². The molecule has 1 atom stereocenters. The number of nitrogens with one attached hydrogen (secondary N) is 2. The molecule has 0 radical (unpaired) electrons. The van der Waals surface area contributed by atoms with Crippen molar-refractivity contribution in [1.29, 1.82) is 0 Å². The van der Waals surface area contributed by atoms with Crippen LogP contribution in [0, 0.1) is 0 Å². The van der Waals surface area contributed by atoms with E-state index in [0.29, 0.717) is 24.7 Å². The third kappa shape index (κ3) is 5.21. The molecule has 6 heteroatoms. The maximum atomic E-state index is 11.5. The number of aromatic nitrogens is 2. The number of hydrogen-bond acceptors (Lipinski definition) is 5. The predicted octanol–water partition coefficient (Wildman–Crippen LogP) is 1.45. The average Bonchev–Trinajstić information content (AvgIpc) is 2.40. The Kier molecular flexibility index (Phi) is 6.81. The standard InChI is InChI=1S/C13H22N4O2/c1-4-6-10(9-19-3)15-12-8-7-11(16-17-12)13(18)14-5-2/h7-8,10H,4-6,9H2,1-3H3,(H,14,18)(H,15,17). The van der Waals surface area contributed by atoms with E-state index in [4.69, 9.17) is 4.74 Å². The van der Waals surface area contributed by atoms with Crippen LogP contribution in [0.15, 0.2) is 12.1 Å². The van der Waals surface area contributed by atoms with Gasteiger partial charge in [0.2, 0.25) is 0 Å². The molecule has 0 aliphatic heterocycles. The normalized spacial score (nSPS) is 11.9. The van der Waals surface area contributed by atoms with Crippen molar-refractivity contribution < 1.29 is 9.53 Å². The molecule has 6 nitrogen and oxygen atoms in total. The Morgan fingerprint density at radius 1 is 1.37 bits per heavy atom. The van der Waals surface area contributed by atoms with Crippen molar-refractivity contribution in [2.75, 3.05) is 25.6 Å². The zero-order valence-electron chi connectivity index (χ0n) is 11.8. The van der Waals surface area contributed by atoms with E-state index in [9.17, 15) is 4.79 Å². The Morgan fingerprint density at radius 2 is 2.16 bits per heavy atom. The van der Waals surface area contributed by atoms with E-state index < -0.39 is 0 Å². The summed E-state index contributed by atoms with van der Waals surface area (Å²) in [5, 5.41) is 13.8. The molecule has 0 aliphatic carbocycles. The van der Waals surface area contributed by atoms with Crippen molar-refractivity contribution in [3.05, 3.63) is 17.8 Å². The van der Waals surface area contributed by atoms with Gasteiger partial charge in [-0.1, -0.05) is 13.3 Å². The van der Waals surface area contributed by atoms with Crippen LogP contribution in [-0.2, 0) is 4.74 Å². The first-order valence-electron chi connectivity index (χ1n) is 6.58. The highest BCUT2D eigenvalue weighted by atomic mass is 16.5. The van der Waals surface area contributed by atoms with Gasteiger partial charge in [-0.25, -0.2) is 0 Å². The molecule has 2 N–H and O–H groups in total. The van der Waals surface area contributed by atoms with Crippen molar-refractivity contribution in [3.8, 4) is 0 Å². The van der Waals surface area contributed by atoms with Crippen LogP contribution in [0.1, 0.15) is 37.2 Å². The third-order valence-electron chi connectivity index (χ3n) is 2.59. The molecular weight excluding hydrogens is 244 g/mol. The van der Waals surface area contributed by atoms with E-state index in [2.05, 4.69) is 27.8 Å². The molecule has 0 aliphatic rings. The summed E-state index contributed by atoms with van der Waals surface area (Å²) in [5.41, 5.74) is 0.325. The average molecular weight is 266 g/mol. The van der Waals surface area contributed by atoms with Crippen molar-refractivity contribution >= 4 is 11.7 Å². The fourth-order valence-corrected chi connectivity index (χ4v) is 1.74. The topological polar surface area (TPSA) is 76.1 Å². The van der Waals surface area contributed by atoms with E-state index in [1.54, 1.807) is 19.2 Å². The summed E-state index contributed by atoms with van der Waals surface area (Å²) < 4.78 is 5.15. The number of carbonyl (C=O) groups is 1. The molecule has 0 fully saturated rings. The molecule has 0 spiro atoms. The number of hydrogen-bond donors (Lipinski definition) is 2. The molecule has 0 aromatic carbocycles. The van der Waals surface area contributed by atoms with Gasteiger partial charge in [0.25, 0.3) is 5.91 Å². The van der Waals surface area contributed by atoms with Crippen LogP contribution < -0.4 is 10.6 Å². The van der Waals surface area contributed by atoms with Crippen LogP contribution >= 0.6 is 0 Å². The van der Waals surface area contributed by atoms with Crippen LogP contribution in [0.4, 0.5) is 5.82 Å². The molecule has 1 rings (SSSR count). The van der Waals surface area contributed by atoms with E-state index in [1.807, 2.05) is 6.92 Å².